The number of carbonyl (C=O) groups is 1. The summed E-state index contributed by atoms with van der Waals surface area (Å²) in [5, 5.41) is 2.68. The first-order valence-corrected chi connectivity index (χ1v) is 9.38. The smallest absolute Gasteiger partial charge is 0.251 e. The molecule has 2 aromatic carbocycles. The molecule has 0 fully saturated rings. The van der Waals surface area contributed by atoms with Gasteiger partial charge in [0.25, 0.3) is 5.91 Å². The van der Waals surface area contributed by atoms with Crippen LogP contribution in [0, 0.1) is 0 Å². The van der Waals surface area contributed by atoms with Crippen molar-refractivity contribution in [1.29, 1.82) is 0 Å². The Bertz CT molecular complexity index is 1020. The van der Waals surface area contributed by atoms with Gasteiger partial charge < -0.3 is 24.3 Å². The van der Waals surface area contributed by atoms with E-state index in [9.17, 15) is 14.0 Å². The maximum absolute atomic E-state index is 12.9. The molecule has 7 nitrogen and oxygen atoms in total. The first-order valence-electron chi connectivity index (χ1n) is 9.38. The number of hydrogen-bond donors (Lipinski definition) is 1. The maximum atomic E-state index is 12.9. The highest BCUT2D eigenvalue weighted by molar-refractivity contribution is 5.84. The monoisotopic (exact) mass is 417 g/mol. The largest absolute Gasteiger partial charge is 0.493 e. The van der Waals surface area contributed by atoms with Crippen LogP contribution in [0.15, 0.2) is 29.1 Å². The van der Waals surface area contributed by atoms with Crippen molar-refractivity contribution in [3.63, 3.8) is 0 Å². The molecule has 3 rings (SSSR count). The summed E-state index contributed by atoms with van der Waals surface area (Å²) in [4.78, 5) is 24.5. The molecule has 1 aliphatic carbocycles. The van der Waals surface area contributed by atoms with E-state index in [1.54, 1.807) is 12.1 Å². The molecular weight excluding hydrogens is 393 g/mol. The second-order valence-electron chi connectivity index (χ2n) is 6.75. The fraction of sp³-hybridized carbons (Fsp3) is 0.364. The van der Waals surface area contributed by atoms with Crippen molar-refractivity contribution in [3.8, 4) is 34.1 Å². The van der Waals surface area contributed by atoms with Crippen LogP contribution in [-0.4, -0.2) is 41.0 Å². The normalized spacial score (nSPS) is 14.6. The quantitative estimate of drug-likeness (QED) is 0.778. The van der Waals surface area contributed by atoms with Gasteiger partial charge in [0.15, 0.2) is 23.9 Å². The first-order chi connectivity index (χ1) is 14.5. The number of methoxy groups -OCH3 is 4. The highest BCUT2D eigenvalue weighted by atomic mass is 19.1. The molecule has 1 amide bonds. The maximum Gasteiger partial charge on any atom is 0.251 e. The third kappa shape index (κ3) is 3.77. The van der Waals surface area contributed by atoms with E-state index < -0.39 is 18.6 Å². The molecule has 0 heterocycles. The lowest BCUT2D eigenvalue weighted by molar-refractivity contribution is -0.122. The highest BCUT2D eigenvalue weighted by Gasteiger charge is 2.29. The topological polar surface area (TPSA) is 83.1 Å². The highest BCUT2D eigenvalue weighted by Crippen LogP contribution is 2.50. The third-order valence-corrected chi connectivity index (χ3v) is 5.18. The number of nitrogens with one attached hydrogen (secondary N) is 1. The van der Waals surface area contributed by atoms with Gasteiger partial charge >= 0.3 is 0 Å². The predicted octanol–water partition coefficient (Wildman–Crippen LogP) is 2.82. The van der Waals surface area contributed by atoms with Gasteiger partial charge in [-0.3, -0.25) is 9.59 Å². The van der Waals surface area contributed by atoms with Crippen molar-refractivity contribution in [1.82, 2.24) is 5.32 Å². The molecule has 0 aliphatic heterocycles. The van der Waals surface area contributed by atoms with Crippen molar-refractivity contribution in [2.75, 3.05) is 35.1 Å². The van der Waals surface area contributed by atoms with Gasteiger partial charge in [-0.15, -0.1) is 0 Å². The van der Waals surface area contributed by atoms with Gasteiger partial charge in [-0.05, 0) is 47.7 Å². The molecule has 1 aliphatic rings. The molecule has 0 bridgehead atoms. The molecule has 8 heteroatoms. The molecule has 1 atom stereocenters. The number of alkyl halides is 1. The van der Waals surface area contributed by atoms with Crippen LogP contribution in [0.1, 0.15) is 23.6 Å². The van der Waals surface area contributed by atoms with E-state index in [0.717, 1.165) is 11.1 Å². The van der Waals surface area contributed by atoms with Crippen molar-refractivity contribution < 1.29 is 28.1 Å². The Hall–Kier alpha value is -3.29. The van der Waals surface area contributed by atoms with Gasteiger partial charge in [0.1, 0.15) is 0 Å². The van der Waals surface area contributed by atoms with E-state index in [4.69, 9.17) is 18.9 Å². The number of benzene rings is 1. The summed E-state index contributed by atoms with van der Waals surface area (Å²) < 4.78 is 34.8. The SMILES string of the molecule is COc1cc2c(c(OC)c1OC)-c1ccc(OC)c(=O)cc1[C@@H](NC(=O)CF)CC2. The lowest BCUT2D eigenvalue weighted by Gasteiger charge is -2.19. The van der Waals surface area contributed by atoms with Crippen LogP contribution in [0.3, 0.4) is 0 Å². The summed E-state index contributed by atoms with van der Waals surface area (Å²) in [7, 11) is 5.98. The Morgan fingerprint density at radius 3 is 2.33 bits per heavy atom. The van der Waals surface area contributed by atoms with Crippen LogP contribution >= 0.6 is 0 Å². The number of halogens is 1. The predicted molar refractivity (Wildman–Crippen MR) is 110 cm³/mol. The van der Waals surface area contributed by atoms with E-state index in [1.807, 2.05) is 6.07 Å². The standard InChI is InChI=1S/C22H24FNO6/c1-27-17-8-6-13-14(10-16(17)25)15(24-19(26)11-23)7-5-12-9-18(28-2)21(29-3)22(30-4)20(12)13/h6,8-10,15H,5,7,11H2,1-4H3,(H,24,26)/t15-/m0/s1. The zero-order chi connectivity index (χ0) is 21.8. The number of fused-ring (bicyclic) bond motifs is 3. The minimum Gasteiger partial charge on any atom is -0.493 e. The van der Waals surface area contributed by atoms with Crippen LogP contribution in [0.4, 0.5) is 4.39 Å². The van der Waals surface area contributed by atoms with Gasteiger partial charge in [0.2, 0.25) is 11.2 Å². The molecule has 0 unspecified atom stereocenters. The molecule has 2 aromatic rings. The molecule has 30 heavy (non-hydrogen) atoms. The zero-order valence-corrected chi connectivity index (χ0v) is 17.3. The van der Waals surface area contributed by atoms with Gasteiger partial charge in [0, 0.05) is 5.56 Å². The molecule has 0 aromatic heterocycles. The fourth-order valence-electron chi connectivity index (χ4n) is 3.85. The third-order valence-electron chi connectivity index (χ3n) is 5.18. The van der Waals surface area contributed by atoms with E-state index in [2.05, 4.69) is 5.32 Å². The van der Waals surface area contributed by atoms with Crippen molar-refractivity contribution in [2.24, 2.45) is 0 Å². The van der Waals surface area contributed by atoms with Crippen molar-refractivity contribution in [2.45, 2.75) is 18.9 Å². The average molecular weight is 417 g/mol. The molecule has 1 N–H and O–H groups in total. The molecule has 0 spiro atoms. The van der Waals surface area contributed by atoms with Crippen LogP contribution in [-0.2, 0) is 11.2 Å². The van der Waals surface area contributed by atoms with E-state index in [0.29, 0.717) is 41.2 Å². The van der Waals surface area contributed by atoms with Crippen LogP contribution in [0.5, 0.6) is 23.0 Å². The fourth-order valence-corrected chi connectivity index (χ4v) is 3.85. The number of aryl methyl sites for hydroxylation is 1. The summed E-state index contributed by atoms with van der Waals surface area (Å²) in [5.74, 6) is 0.771. The number of rotatable bonds is 6. The minimum absolute atomic E-state index is 0.152. The number of carbonyl (C=O) groups excluding carboxylic acids is 1. The number of ether oxygens (including phenoxy) is 4. The van der Waals surface area contributed by atoms with E-state index >= 15 is 0 Å². The zero-order valence-electron chi connectivity index (χ0n) is 17.3. The molecule has 0 saturated carbocycles. The Labute approximate surface area is 173 Å². The number of hydrogen-bond acceptors (Lipinski definition) is 6. The van der Waals surface area contributed by atoms with Gasteiger partial charge in [-0.2, -0.15) is 0 Å². The van der Waals surface area contributed by atoms with Crippen LogP contribution < -0.4 is 29.7 Å². The Morgan fingerprint density at radius 2 is 1.73 bits per heavy atom. The van der Waals surface area contributed by atoms with Gasteiger partial charge in [0.05, 0.1) is 34.5 Å². The van der Waals surface area contributed by atoms with E-state index in [-0.39, 0.29) is 11.2 Å². The summed E-state index contributed by atoms with van der Waals surface area (Å²) in [5.41, 5.74) is 2.47. The summed E-state index contributed by atoms with van der Waals surface area (Å²) >= 11 is 0. The molecular formula is C22H24FNO6. The Balaban J connectivity index is 2.38. The lowest BCUT2D eigenvalue weighted by Crippen LogP contribution is -2.30. The molecule has 0 saturated heterocycles. The Morgan fingerprint density at radius 1 is 1.03 bits per heavy atom. The van der Waals surface area contributed by atoms with Crippen LogP contribution in [0.2, 0.25) is 0 Å². The van der Waals surface area contributed by atoms with Crippen LogP contribution in [0.25, 0.3) is 11.1 Å². The minimum atomic E-state index is -1.14. The molecule has 0 radical (unpaired) electrons. The second-order valence-corrected chi connectivity index (χ2v) is 6.75. The van der Waals surface area contributed by atoms with Crippen molar-refractivity contribution >= 4 is 5.91 Å². The second kappa shape index (κ2) is 9.02. The first kappa shape index (κ1) is 21.4. The van der Waals surface area contributed by atoms with E-state index in [1.165, 1.54) is 34.5 Å². The average Bonchev–Trinajstić information content (AvgIpc) is 3.00. The number of amides is 1. The Kier molecular flexibility index (Phi) is 6.44. The summed E-state index contributed by atoms with van der Waals surface area (Å²) in [6.45, 7) is -1.14. The summed E-state index contributed by atoms with van der Waals surface area (Å²) in [6, 6.07) is 6.01. The van der Waals surface area contributed by atoms with Crippen molar-refractivity contribution in [3.05, 3.63) is 45.6 Å². The van der Waals surface area contributed by atoms with Gasteiger partial charge in [-0.1, -0.05) is 6.07 Å². The van der Waals surface area contributed by atoms with Gasteiger partial charge in [-0.25, -0.2) is 4.39 Å². The molecule has 160 valence electrons. The lowest BCUT2D eigenvalue weighted by atomic mass is 9.95. The summed E-state index contributed by atoms with van der Waals surface area (Å²) in [6.07, 6.45) is 0.989.